The second-order valence-corrected chi connectivity index (χ2v) is 11.6. The lowest BCUT2D eigenvalue weighted by molar-refractivity contribution is -0.140. The first kappa shape index (κ1) is 28.3. The zero-order valence-corrected chi connectivity index (χ0v) is 24.4. The van der Waals surface area contributed by atoms with Gasteiger partial charge in [0.2, 0.25) is 11.9 Å². The molecule has 9 nitrogen and oxygen atoms in total. The Kier molecular flexibility index (Phi) is 8.56. The summed E-state index contributed by atoms with van der Waals surface area (Å²) >= 11 is 6.26. The Morgan fingerprint density at radius 2 is 1.88 bits per heavy atom. The third-order valence-electron chi connectivity index (χ3n) is 8.04. The van der Waals surface area contributed by atoms with Crippen molar-refractivity contribution in [1.29, 1.82) is 0 Å². The number of carbonyl (C=O) groups is 1. The van der Waals surface area contributed by atoms with E-state index < -0.39 is 0 Å². The van der Waals surface area contributed by atoms with Gasteiger partial charge in [-0.05, 0) is 89.1 Å². The molecule has 0 spiro atoms. The third-order valence-corrected chi connectivity index (χ3v) is 8.31. The molecule has 1 amide bonds. The van der Waals surface area contributed by atoms with E-state index in [1.54, 1.807) is 12.1 Å². The van der Waals surface area contributed by atoms with E-state index in [0.717, 1.165) is 55.5 Å². The Morgan fingerprint density at radius 3 is 2.58 bits per heavy atom. The number of nitrogens with zero attached hydrogens (tertiary/aromatic N) is 5. The molecule has 40 heavy (non-hydrogen) atoms. The largest absolute Gasteiger partial charge is 0.341 e. The average Bonchev–Trinajstić information content (AvgIpc) is 3.36. The molecule has 4 heterocycles. The van der Waals surface area contributed by atoms with Crippen LogP contribution in [0, 0.1) is 19.7 Å². The maximum Gasteiger partial charge on any atom is 0.239 e. The second-order valence-electron chi connectivity index (χ2n) is 11.2. The predicted molar refractivity (Wildman–Crippen MR) is 156 cm³/mol. The predicted octanol–water partition coefficient (Wildman–Crippen LogP) is 6.07. The Morgan fingerprint density at radius 1 is 1.10 bits per heavy atom. The van der Waals surface area contributed by atoms with E-state index in [1.165, 1.54) is 6.20 Å². The van der Waals surface area contributed by atoms with Crippen LogP contribution in [0.25, 0.3) is 0 Å². The fourth-order valence-electron chi connectivity index (χ4n) is 5.93. The molecule has 1 atom stereocenters. The van der Waals surface area contributed by atoms with Gasteiger partial charge in [0.15, 0.2) is 11.6 Å². The zero-order valence-electron chi connectivity index (χ0n) is 23.6. The minimum absolute atomic E-state index is 0.0101. The van der Waals surface area contributed by atoms with Crippen molar-refractivity contribution < 1.29 is 9.18 Å². The number of aromatic nitrogens is 4. The van der Waals surface area contributed by atoms with Crippen LogP contribution < -0.4 is 10.6 Å². The average molecular weight is 569 g/mol. The van der Waals surface area contributed by atoms with Crippen LogP contribution in [0.3, 0.4) is 0 Å². The van der Waals surface area contributed by atoms with Crippen molar-refractivity contribution >= 4 is 40.8 Å². The summed E-state index contributed by atoms with van der Waals surface area (Å²) in [5.41, 5.74) is 3.17. The number of piperidine rings is 2. The van der Waals surface area contributed by atoms with Crippen LogP contribution in [0.2, 0.25) is 5.02 Å². The Labute approximate surface area is 239 Å². The van der Waals surface area contributed by atoms with Gasteiger partial charge in [-0.1, -0.05) is 18.0 Å². The Bertz CT molecular complexity index is 1350. The van der Waals surface area contributed by atoms with Gasteiger partial charge in [0.05, 0.1) is 17.9 Å². The lowest BCUT2D eigenvalue weighted by Gasteiger charge is -2.42. The summed E-state index contributed by atoms with van der Waals surface area (Å²) in [6.07, 6.45) is 6.32. The molecule has 3 aromatic rings. The van der Waals surface area contributed by atoms with E-state index in [-0.39, 0.29) is 29.6 Å². The molecule has 2 fully saturated rings. The molecule has 11 heteroatoms. The molecular weight excluding hydrogens is 531 g/mol. The highest BCUT2D eigenvalue weighted by molar-refractivity contribution is 6.32. The molecule has 2 aliphatic heterocycles. The third kappa shape index (κ3) is 6.23. The van der Waals surface area contributed by atoms with Crippen molar-refractivity contribution in [3.05, 3.63) is 52.1 Å². The van der Waals surface area contributed by atoms with Crippen LogP contribution in [0.1, 0.15) is 68.7 Å². The number of hydrogen-bond donors (Lipinski definition) is 3. The summed E-state index contributed by atoms with van der Waals surface area (Å²) in [5, 5.41) is 13.3. The van der Waals surface area contributed by atoms with Crippen molar-refractivity contribution in [3.8, 4) is 0 Å². The number of hydrogen-bond acceptors (Lipinski definition) is 7. The maximum atomic E-state index is 15.3. The summed E-state index contributed by atoms with van der Waals surface area (Å²) in [4.78, 5) is 26.4. The fourth-order valence-corrected chi connectivity index (χ4v) is 6.07. The zero-order chi connectivity index (χ0) is 28.4. The molecule has 0 unspecified atom stereocenters. The minimum atomic E-state index is -0.370. The number of likely N-dealkylation sites (tertiary alicyclic amines) is 2. The maximum absolute atomic E-state index is 15.3. The first-order valence-electron chi connectivity index (χ1n) is 14.1. The lowest BCUT2D eigenvalue weighted by atomic mass is 9.86. The highest BCUT2D eigenvalue weighted by Crippen LogP contribution is 2.35. The summed E-state index contributed by atoms with van der Waals surface area (Å²) in [5.74, 6) is 1.25. The standard InChI is InChI=1S/C29H38ClFN8O/c1-17(2)39-10-6-5-7-25(39)28(40)38-11-8-20(9-12-38)21-15-23(31)24(13-18(21)3)33-29-32-16-22(30)27(35-29)34-26-14-19(4)36-37-26/h13-17,20,25H,5-12H2,1-4H3,(H3,32,33,34,35,36,37)/t25-/m0/s1. The quantitative estimate of drug-likeness (QED) is 0.318. The van der Waals surface area contributed by atoms with E-state index in [1.807, 2.05) is 24.8 Å². The van der Waals surface area contributed by atoms with E-state index >= 15 is 4.39 Å². The molecule has 5 rings (SSSR count). The molecule has 0 saturated carbocycles. The van der Waals surface area contributed by atoms with Gasteiger partial charge in [-0.3, -0.25) is 14.8 Å². The number of aryl methyl sites for hydroxylation is 2. The Balaban J connectivity index is 1.24. The number of rotatable bonds is 7. The number of aromatic amines is 1. The lowest BCUT2D eigenvalue weighted by Crippen LogP contribution is -2.54. The van der Waals surface area contributed by atoms with Gasteiger partial charge in [0.25, 0.3) is 0 Å². The number of benzene rings is 1. The molecule has 1 aromatic carbocycles. The normalized spacial score (nSPS) is 18.8. The highest BCUT2D eigenvalue weighted by atomic mass is 35.5. The van der Waals surface area contributed by atoms with Crippen molar-refractivity contribution in [2.24, 2.45) is 0 Å². The number of halogens is 2. The molecule has 0 aliphatic carbocycles. The van der Waals surface area contributed by atoms with Crippen LogP contribution in [0.15, 0.2) is 24.4 Å². The van der Waals surface area contributed by atoms with E-state index in [4.69, 9.17) is 11.6 Å². The van der Waals surface area contributed by atoms with Gasteiger partial charge in [0.1, 0.15) is 10.8 Å². The highest BCUT2D eigenvalue weighted by Gasteiger charge is 2.35. The molecule has 2 saturated heterocycles. The summed E-state index contributed by atoms with van der Waals surface area (Å²) < 4.78 is 15.3. The first-order valence-corrected chi connectivity index (χ1v) is 14.5. The molecule has 0 radical (unpaired) electrons. The SMILES string of the molecule is Cc1cc(Nc2nc(Nc3cc(C)c(C4CCN(C(=O)[C@@H]5CCCCN5C(C)C)CC4)cc3F)ncc2Cl)n[nH]1. The van der Waals surface area contributed by atoms with Gasteiger partial charge in [0, 0.05) is 30.9 Å². The molecule has 3 N–H and O–H groups in total. The van der Waals surface area contributed by atoms with Crippen molar-refractivity contribution in [2.75, 3.05) is 30.3 Å². The second kappa shape index (κ2) is 12.1. The van der Waals surface area contributed by atoms with Crippen LogP contribution in [-0.4, -0.2) is 67.6 Å². The Hall–Kier alpha value is -3.24. The topological polar surface area (TPSA) is 102 Å². The molecule has 2 aliphatic rings. The van der Waals surface area contributed by atoms with Crippen molar-refractivity contribution in [3.63, 3.8) is 0 Å². The summed E-state index contributed by atoms with van der Waals surface area (Å²) in [7, 11) is 0. The minimum Gasteiger partial charge on any atom is -0.341 e. The monoisotopic (exact) mass is 568 g/mol. The van der Waals surface area contributed by atoms with Crippen LogP contribution >= 0.6 is 11.6 Å². The number of amides is 1. The number of carbonyl (C=O) groups excluding carboxylic acids is 1. The van der Waals surface area contributed by atoms with Crippen molar-refractivity contribution in [2.45, 2.75) is 77.8 Å². The van der Waals surface area contributed by atoms with E-state index in [9.17, 15) is 4.79 Å². The number of nitrogens with one attached hydrogen (secondary N) is 3. The van der Waals surface area contributed by atoms with Gasteiger partial charge in [-0.15, -0.1) is 0 Å². The van der Waals surface area contributed by atoms with Crippen molar-refractivity contribution in [1.82, 2.24) is 30.0 Å². The van der Waals surface area contributed by atoms with Crippen LogP contribution in [0.4, 0.5) is 27.7 Å². The summed E-state index contributed by atoms with van der Waals surface area (Å²) in [6.45, 7) is 10.6. The molecule has 2 aromatic heterocycles. The molecular formula is C29H38ClFN8O. The van der Waals surface area contributed by atoms with Gasteiger partial charge in [-0.25, -0.2) is 9.37 Å². The first-order chi connectivity index (χ1) is 19.2. The van der Waals surface area contributed by atoms with Gasteiger partial charge >= 0.3 is 0 Å². The fraction of sp³-hybridized carbons (Fsp3) is 0.517. The molecule has 0 bridgehead atoms. The number of anilines is 4. The summed E-state index contributed by atoms with van der Waals surface area (Å²) in [6, 6.07) is 5.59. The van der Waals surface area contributed by atoms with Gasteiger partial charge in [-0.2, -0.15) is 10.1 Å². The number of H-pyrrole nitrogens is 1. The van der Waals surface area contributed by atoms with E-state index in [2.05, 4.69) is 49.5 Å². The smallest absolute Gasteiger partial charge is 0.239 e. The van der Waals surface area contributed by atoms with Crippen LogP contribution in [-0.2, 0) is 4.79 Å². The molecule has 214 valence electrons. The van der Waals surface area contributed by atoms with Gasteiger partial charge < -0.3 is 15.5 Å². The van der Waals surface area contributed by atoms with Crippen LogP contribution in [0.5, 0.6) is 0 Å². The van der Waals surface area contributed by atoms with E-state index in [0.29, 0.717) is 41.5 Å².